The number of phenols is 1. The number of nitrogens with zero attached hydrogens (tertiary/aromatic N) is 2. The second kappa shape index (κ2) is 5.05. The Hall–Kier alpha value is -1.44. The summed E-state index contributed by atoms with van der Waals surface area (Å²) in [5.41, 5.74) is 1.35. The molecular formula is C12H11FIN3O. The van der Waals surface area contributed by atoms with Crippen molar-refractivity contribution in [1.82, 2.24) is 9.97 Å². The number of rotatable bonds is 2. The van der Waals surface area contributed by atoms with Crippen LogP contribution < -0.4 is 5.32 Å². The summed E-state index contributed by atoms with van der Waals surface area (Å²) in [5.74, 6) is 0.0656. The highest BCUT2D eigenvalue weighted by Crippen LogP contribution is 2.26. The molecule has 18 heavy (non-hydrogen) atoms. The highest BCUT2D eigenvalue weighted by atomic mass is 127. The number of aryl methyl sites for hydroxylation is 1. The van der Waals surface area contributed by atoms with Crippen LogP contribution in [-0.2, 0) is 0 Å². The van der Waals surface area contributed by atoms with E-state index in [0.717, 1.165) is 9.26 Å². The van der Waals surface area contributed by atoms with Gasteiger partial charge in [-0.1, -0.05) is 0 Å². The number of aromatic nitrogens is 2. The largest absolute Gasteiger partial charge is 0.505 e. The van der Waals surface area contributed by atoms with E-state index >= 15 is 0 Å². The first-order valence-corrected chi connectivity index (χ1v) is 6.31. The van der Waals surface area contributed by atoms with E-state index < -0.39 is 5.82 Å². The molecule has 0 radical (unpaired) electrons. The molecule has 2 rings (SSSR count). The first-order valence-electron chi connectivity index (χ1n) is 5.23. The molecule has 0 aliphatic heterocycles. The van der Waals surface area contributed by atoms with E-state index in [4.69, 9.17) is 5.11 Å². The number of hydrogen-bond acceptors (Lipinski definition) is 4. The van der Waals surface area contributed by atoms with Gasteiger partial charge in [-0.05, 0) is 47.7 Å². The molecule has 1 aromatic heterocycles. The molecule has 0 unspecified atom stereocenters. The molecule has 0 atom stereocenters. The molecular weight excluding hydrogens is 348 g/mol. The second-order valence-corrected chi connectivity index (χ2v) is 4.79. The number of nitrogens with one attached hydrogen (secondary N) is 1. The molecule has 0 saturated heterocycles. The summed E-state index contributed by atoms with van der Waals surface area (Å²) in [6.45, 7) is 1.87. The molecule has 0 aliphatic carbocycles. The molecule has 6 heteroatoms. The Morgan fingerprint density at radius 2 is 2.06 bits per heavy atom. The summed E-state index contributed by atoms with van der Waals surface area (Å²) in [4.78, 5) is 8.63. The highest BCUT2D eigenvalue weighted by molar-refractivity contribution is 14.1. The number of halogens is 2. The zero-order valence-corrected chi connectivity index (χ0v) is 12.0. The molecule has 0 spiro atoms. The first-order chi connectivity index (χ1) is 8.52. The third kappa shape index (κ3) is 2.38. The van der Waals surface area contributed by atoms with Crippen molar-refractivity contribution >= 4 is 28.4 Å². The van der Waals surface area contributed by atoms with Crippen LogP contribution in [0.1, 0.15) is 5.69 Å². The number of phenolic OH excluding ortho intramolecular Hbond substituents is 1. The van der Waals surface area contributed by atoms with Crippen LogP contribution in [0.2, 0.25) is 0 Å². The van der Waals surface area contributed by atoms with Crippen LogP contribution in [0, 0.1) is 16.3 Å². The number of aromatic hydroxyl groups is 1. The Kier molecular flexibility index (Phi) is 3.65. The standard InChI is InChI=1S/C12H11FIN3O/c1-6-10(14)12(15-2)17-11(16-6)7-3-4-9(18)8(13)5-7/h3-5,18H,1-2H3,(H,15,16,17). The van der Waals surface area contributed by atoms with Crippen molar-refractivity contribution in [2.24, 2.45) is 0 Å². The zero-order chi connectivity index (χ0) is 13.3. The maximum absolute atomic E-state index is 13.3. The highest BCUT2D eigenvalue weighted by Gasteiger charge is 2.11. The average Bonchev–Trinajstić information content (AvgIpc) is 2.36. The minimum atomic E-state index is -0.682. The third-order valence-electron chi connectivity index (χ3n) is 2.46. The second-order valence-electron chi connectivity index (χ2n) is 3.71. The van der Waals surface area contributed by atoms with E-state index in [9.17, 15) is 4.39 Å². The lowest BCUT2D eigenvalue weighted by atomic mass is 10.2. The predicted molar refractivity (Wildman–Crippen MR) is 76.1 cm³/mol. The topological polar surface area (TPSA) is 58.0 Å². The van der Waals surface area contributed by atoms with Gasteiger partial charge < -0.3 is 10.4 Å². The fourth-order valence-corrected chi connectivity index (χ4v) is 2.01. The van der Waals surface area contributed by atoms with Gasteiger partial charge in [0.1, 0.15) is 5.82 Å². The third-order valence-corrected chi connectivity index (χ3v) is 3.75. The molecule has 2 N–H and O–H groups in total. The number of anilines is 1. The van der Waals surface area contributed by atoms with Crippen LogP contribution in [0.4, 0.5) is 10.2 Å². The van der Waals surface area contributed by atoms with Gasteiger partial charge in [-0.2, -0.15) is 0 Å². The van der Waals surface area contributed by atoms with E-state index in [1.165, 1.54) is 12.1 Å². The molecule has 4 nitrogen and oxygen atoms in total. The van der Waals surface area contributed by atoms with Crippen LogP contribution in [0.5, 0.6) is 5.75 Å². The average molecular weight is 359 g/mol. The zero-order valence-electron chi connectivity index (χ0n) is 9.83. The summed E-state index contributed by atoms with van der Waals surface area (Å²) < 4.78 is 14.2. The minimum Gasteiger partial charge on any atom is -0.505 e. The van der Waals surface area contributed by atoms with Crippen LogP contribution in [0.25, 0.3) is 11.4 Å². The fourth-order valence-electron chi connectivity index (χ4n) is 1.50. The molecule has 2 aromatic rings. The Morgan fingerprint density at radius 3 is 2.67 bits per heavy atom. The van der Waals surface area contributed by atoms with Gasteiger partial charge in [0.25, 0.3) is 0 Å². The van der Waals surface area contributed by atoms with Gasteiger partial charge in [0.15, 0.2) is 17.4 Å². The lowest BCUT2D eigenvalue weighted by molar-refractivity contribution is 0.432. The number of benzene rings is 1. The lowest BCUT2D eigenvalue weighted by Crippen LogP contribution is -2.02. The predicted octanol–water partition coefficient (Wildman–Crippen LogP) is 2.94. The Labute approximate surface area is 117 Å². The van der Waals surface area contributed by atoms with E-state index in [-0.39, 0.29) is 5.75 Å². The summed E-state index contributed by atoms with van der Waals surface area (Å²) in [5, 5.41) is 12.1. The van der Waals surface area contributed by atoms with Gasteiger partial charge in [-0.25, -0.2) is 14.4 Å². The van der Waals surface area contributed by atoms with Crippen LogP contribution >= 0.6 is 22.6 Å². The van der Waals surface area contributed by atoms with Crippen molar-refractivity contribution in [3.8, 4) is 17.1 Å². The molecule has 0 bridgehead atoms. The maximum Gasteiger partial charge on any atom is 0.165 e. The van der Waals surface area contributed by atoms with Gasteiger partial charge in [-0.15, -0.1) is 0 Å². The van der Waals surface area contributed by atoms with Gasteiger partial charge in [0, 0.05) is 12.6 Å². The normalized spacial score (nSPS) is 10.4. The monoisotopic (exact) mass is 359 g/mol. The Bertz CT molecular complexity index is 604. The molecule has 0 saturated carbocycles. The SMILES string of the molecule is CNc1nc(-c2ccc(O)c(F)c2)nc(C)c1I. The molecule has 94 valence electrons. The molecule has 0 amide bonds. The van der Waals surface area contributed by atoms with E-state index in [1.807, 2.05) is 6.92 Å². The summed E-state index contributed by atoms with van der Waals surface area (Å²) in [6, 6.07) is 4.09. The fraction of sp³-hybridized carbons (Fsp3) is 0.167. The Balaban J connectivity index is 2.57. The Morgan fingerprint density at radius 1 is 1.33 bits per heavy atom. The van der Waals surface area contributed by atoms with E-state index in [1.54, 1.807) is 13.1 Å². The smallest absolute Gasteiger partial charge is 0.165 e. The molecule has 1 heterocycles. The quantitative estimate of drug-likeness (QED) is 0.810. The van der Waals surface area contributed by atoms with Crippen molar-refractivity contribution in [3.05, 3.63) is 33.3 Å². The summed E-state index contributed by atoms with van der Waals surface area (Å²) in [6.07, 6.45) is 0. The summed E-state index contributed by atoms with van der Waals surface area (Å²) in [7, 11) is 1.77. The van der Waals surface area contributed by atoms with Gasteiger partial charge in [-0.3, -0.25) is 0 Å². The van der Waals surface area contributed by atoms with Crippen LogP contribution in [0.3, 0.4) is 0 Å². The van der Waals surface area contributed by atoms with Gasteiger partial charge in [0.2, 0.25) is 0 Å². The molecule has 0 fully saturated rings. The van der Waals surface area contributed by atoms with Gasteiger partial charge in [0.05, 0.1) is 9.26 Å². The first kappa shape index (κ1) is 13.0. The van der Waals surface area contributed by atoms with E-state index in [2.05, 4.69) is 37.9 Å². The van der Waals surface area contributed by atoms with Crippen LogP contribution in [-0.4, -0.2) is 22.1 Å². The van der Waals surface area contributed by atoms with Gasteiger partial charge >= 0.3 is 0 Å². The minimum absolute atomic E-state index is 0.380. The lowest BCUT2D eigenvalue weighted by Gasteiger charge is -2.09. The van der Waals surface area contributed by atoms with E-state index in [0.29, 0.717) is 17.2 Å². The van der Waals surface area contributed by atoms with Crippen molar-refractivity contribution in [2.45, 2.75) is 6.92 Å². The van der Waals surface area contributed by atoms with Crippen LogP contribution in [0.15, 0.2) is 18.2 Å². The van der Waals surface area contributed by atoms with Crippen molar-refractivity contribution in [1.29, 1.82) is 0 Å². The molecule has 1 aromatic carbocycles. The molecule has 0 aliphatic rings. The van der Waals surface area contributed by atoms with Crippen molar-refractivity contribution in [2.75, 3.05) is 12.4 Å². The summed E-state index contributed by atoms with van der Waals surface area (Å²) >= 11 is 2.15. The maximum atomic E-state index is 13.3. The van der Waals surface area contributed by atoms with Crippen molar-refractivity contribution < 1.29 is 9.50 Å². The number of hydrogen-bond donors (Lipinski definition) is 2. The van der Waals surface area contributed by atoms with Crippen molar-refractivity contribution in [3.63, 3.8) is 0 Å².